The minimum atomic E-state index is -0.0729. The van der Waals surface area contributed by atoms with E-state index in [1.165, 1.54) is 5.56 Å². The molecule has 0 spiro atoms. The van der Waals surface area contributed by atoms with Crippen molar-refractivity contribution in [2.24, 2.45) is 0 Å². The number of nitrogens with one attached hydrogen (secondary N) is 1. The van der Waals surface area contributed by atoms with Crippen LogP contribution < -0.4 is 10.1 Å². The van der Waals surface area contributed by atoms with Crippen molar-refractivity contribution in [3.63, 3.8) is 0 Å². The molecule has 0 aromatic heterocycles. The molecule has 2 rings (SSSR count). The third-order valence-corrected chi connectivity index (χ3v) is 3.74. The maximum absolute atomic E-state index is 12.1. The van der Waals surface area contributed by atoms with Gasteiger partial charge in [-0.05, 0) is 49.6 Å². The Labute approximate surface area is 138 Å². The van der Waals surface area contributed by atoms with Gasteiger partial charge in [0.2, 0.25) is 0 Å². The maximum atomic E-state index is 12.1. The van der Waals surface area contributed by atoms with E-state index in [-0.39, 0.29) is 11.9 Å². The largest absolute Gasteiger partial charge is 0.491 e. The van der Waals surface area contributed by atoms with Gasteiger partial charge in [0.05, 0.1) is 6.04 Å². The van der Waals surface area contributed by atoms with Crippen LogP contribution in [0, 0.1) is 6.92 Å². The van der Waals surface area contributed by atoms with Gasteiger partial charge in [0.15, 0.2) is 0 Å². The lowest BCUT2D eigenvalue weighted by molar-refractivity contribution is 0.0926. The lowest BCUT2D eigenvalue weighted by atomic mass is 10.0. The Balaban J connectivity index is 1.83. The summed E-state index contributed by atoms with van der Waals surface area (Å²) in [4.78, 5) is 12.1. The molecule has 0 bridgehead atoms. The van der Waals surface area contributed by atoms with Gasteiger partial charge in [0.25, 0.3) is 5.91 Å². The van der Waals surface area contributed by atoms with E-state index < -0.39 is 0 Å². The van der Waals surface area contributed by atoms with Crippen LogP contribution in [-0.2, 0) is 0 Å². The number of carbonyl (C=O) groups excluding carboxylic acids is 1. The van der Waals surface area contributed by atoms with Gasteiger partial charge < -0.3 is 10.1 Å². The van der Waals surface area contributed by atoms with Crippen LogP contribution in [0.3, 0.4) is 0 Å². The van der Waals surface area contributed by atoms with Crippen molar-refractivity contribution in [1.29, 1.82) is 0 Å². The van der Waals surface area contributed by atoms with Gasteiger partial charge in [-0.15, -0.1) is 0 Å². The number of benzene rings is 2. The minimum Gasteiger partial charge on any atom is -0.491 e. The topological polar surface area (TPSA) is 38.3 Å². The highest BCUT2D eigenvalue weighted by atomic mass is 16.5. The Kier molecular flexibility index (Phi) is 5.80. The smallest absolute Gasteiger partial charge is 0.251 e. The molecule has 3 heteroatoms. The molecule has 1 N–H and O–H groups in total. The van der Waals surface area contributed by atoms with Gasteiger partial charge in [0, 0.05) is 5.56 Å². The summed E-state index contributed by atoms with van der Waals surface area (Å²) in [5, 5.41) is 2.95. The molecule has 2 aromatic rings. The number of carbonyl (C=O) groups is 1. The molecule has 0 fully saturated rings. The summed E-state index contributed by atoms with van der Waals surface area (Å²) in [6, 6.07) is 15.6. The van der Waals surface area contributed by atoms with E-state index in [4.69, 9.17) is 4.74 Å². The third-order valence-electron chi connectivity index (χ3n) is 3.74. The number of aryl methyl sites for hydroxylation is 1. The molecule has 0 heterocycles. The molecule has 3 nitrogen and oxygen atoms in total. The summed E-state index contributed by atoms with van der Waals surface area (Å²) in [7, 11) is 0. The van der Waals surface area contributed by atoms with E-state index in [1.54, 1.807) is 0 Å². The minimum absolute atomic E-state index is 0.0615. The van der Waals surface area contributed by atoms with Crippen molar-refractivity contribution >= 4 is 5.91 Å². The lowest BCUT2D eigenvalue weighted by Gasteiger charge is -2.15. The molecule has 1 atom stereocenters. The number of hydrogen-bond donors (Lipinski definition) is 1. The fourth-order valence-corrected chi connectivity index (χ4v) is 2.22. The van der Waals surface area contributed by atoms with Crippen LogP contribution in [0.25, 0.3) is 0 Å². The van der Waals surface area contributed by atoms with E-state index in [9.17, 15) is 4.79 Å². The molecule has 0 aliphatic rings. The second kappa shape index (κ2) is 7.82. The summed E-state index contributed by atoms with van der Waals surface area (Å²) >= 11 is 0. The predicted molar refractivity (Wildman–Crippen MR) is 94.1 cm³/mol. The molecule has 122 valence electrons. The van der Waals surface area contributed by atoms with Crippen LogP contribution in [0.1, 0.15) is 48.2 Å². The molecule has 0 aliphatic heterocycles. The predicted octanol–water partition coefficient (Wildman–Crippen LogP) is 4.32. The number of hydrogen-bond acceptors (Lipinski definition) is 2. The van der Waals surface area contributed by atoms with Crippen LogP contribution in [0.15, 0.2) is 48.5 Å². The first-order chi connectivity index (χ1) is 11.0. The van der Waals surface area contributed by atoms with Crippen molar-refractivity contribution in [1.82, 2.24) is 5.32 Å². The normalized spacial score (nSPS) is 12.0. The zero-order chi connectivity index (χ0) is 16.8. The summed E-state index contributed by atoms with van der Waals surface area (Å²) in [6.45, 7) is 8.72. The molecule has 1 amide bonds. The fourth-order valence-electron chi connectivity index (χ4n) is 2.22. The third kappa shape index (κ3) is 5.13. The Morgan fingerprint density at radius 3 is 2.17 bits per heavy atom. The molecule has 0 saturated heterocycles. The number of amides is 1. The average molecular weight is 311 g/mol. The summed E-state index contributed by atoms with van der Waals surface area (Å²) in [5.41, 5.74) is 3.10. The Bertz CT molecular complexity index is 630. The number of ether oxygens (including phenoxy) is 1. The second-order valence-electron chi connectivity index (χ2n) is 6.28. The van der Waals surface area contributed by atoms with E-state index in [0.29, 0.717) is 18.1 Å². The van der Waals surface area contributed by atoms with Crippen LogP contribution in [0.4, 0.5) is 0 Å². The van der Waals surface area contributed by atoms with Crippen molar-refractivity contribution < 1.29 is 9.53 Å². The first-order valence-corrected chi connectivity index (χ1v) is 8.06. The van der Waals surface area contributed by atoms with E-state index in [2.05, 4.69) is 31.3 Å². The van der Waals surface area contributed by atoms with Crippen molar-refractivity contribution in [3.8, 4) is 5.75 Å². The van der Waals surface area contributed by atoms with Gasteiger partial charge in [-0.25, -0.2) is 0 Å². The molecular weight excluding hydrogens is 286 g/mol. The zero-order valence-electron chi connectivity index (χ0n) is 14.3. The van der Waals surface area contributed by atoms with Gasteiger partial charge in [-0.3, -0.25) is 4.79 Å². The summed E-state index contributed by atoms with van der Waals surface area (Å²) in [6.07, 6.45) is 0. The quantitative estimate of drug-likeness (QED) is 0.863. The zero-order valence-corrected chi connectivity index (χ0v) is 14.3. The van der Waals surface area contributed by atoms with Crippen LogP contribution in [0.2, 0.25) is 0 Å². The van der Waals surface area contributed by atoms with Gasteiger partial charge >= 0.3 is 0 Å². The average Bonchev–Trinajstić information content (AvgIpc) is 2.54. The molecule has 0 unspecified atom stereocenters. The van der Waals surface area contributed by atoms with E-state index in [0.717, 1.165) is 11.3 Å². The van der Waals surface area contributed by atoms with Gasteiger partial charge in [-0.1, -0.05) is 43.7 Å². The Morgan fingerprint density at radius 1 is 1.00 bits per heavy atom. The molecule has 0 saturated carbocycles. The highest BCUT2D eigenvalue weighted by molar-refractivity contribution is 5.94. The highest BCUT2D eigenvalue weighted by Crippen LogP contribution is 2.18. The first-order valence-electron chi connectivity index (χ1n) is 8.06. The molecule has 0 aliphatic carbocycles. The van der Waals surface area contributed by atoms with E-state index >= 15 is 0 Å². The molecule has 0 radical (unpaired) electrons. The summed E-state index contributed by atoms with van der Waals surface area (Å²) in [5.74, 6) is 1.26. The van der Waals surface area contributed by atoms with Crippen molar-refractivity contribution in [2.45, 2.75) is 39.7 Å². The van der Waals surface area contributed by atoms with Gasteiger partial charge in [-0.2, -0.15) is 0 Å². The highest BCUT2D eigenvalue weighted by Gasteiger charge is 2.10. The molecule has 2 aromatic carbocycles. The van der Waals surface area contributed by atoms with Crippen molar-refractivity contribution in [3.05, 3.63) is 65.2 Å². The first kappa shape index (κ1) is 17.1. The van der Waals surface area contributed by atoms with Gasteiger partial charge in [0.1, 0.15) is 12.4 Å². The summed E-state index contributed by atoms with van der Waals surface area (Å²) < 4.78 is 5.74. The monoisotopic (exact) mass is 311 g/mol. The number of rotatable bonds is 6. The second-order valence-corrected chi connectivity index (χ2v) is 6.28. The molecular formula is C20H25NO2. The maximum Gasteiger partial charge on any atom is 0.251 e. The standard InChI is InChI=1S/C20H25NO2/c1-14(2)17-9-11-19(12-10-17)23-13-16(4)21-20(22)18-7-5-15(3)6-8-18/h5-12,14,16H,13H2,1-4H3,(H,21,22)/t16-/m1/s1. The van der Waals surface area contributed by atoms with Crippen LogP contribution in [-0.4, -0.2) is 18.6 Å². The fraction of sp³-hybridized carbons (Fsp3) is 0.350. The Morgan fingerprint density at radius 2 is 1.61 bits per heavy atom. The van der Waals surface area contributed by atoms with E-state index in [1.807, 2.05) is 50.2 Å². The Hall–Kier alpha value is -2.29. The molecule has 23 heavy (non-hydrogen) atoms. The SMILES string of the molecule is Cc1ccc(C(=O)N[C@H](C)COc2ccc(C(C)C)cc2)cc1. The van der Waals surface area contributed by atoms with Crippen LogP contribution >= 0.6 is 0 Å². The lowest BCUT2D eigenvalue weighted by Crippen LogP contribution is -2.36. The van der Waals surface area contributed by atoms with Crippen LogP contribution in [0.5, 0.6) is 5.75 Å². The van der Waals surface area contributed by atoms with Crippen molar-refractivity contribution in [2.75, 3.05) is 6.61 Å².